The van der Waals surface area contributed by atoms with Crippen molar-refractivity contribution >= 4 is 63.7 Å². The van der Waals surface area contributed by atoms with E-state index in [1.165, 1.54) is 4.68 Å². The van der Waals surface area contributed by atoms with Gasteiger partial charge in [0.2, 0.25) is 9.70 Å². The van der Waals surface area contributed by atoms with Crippen LogP contribution in [0.3, 0.4) is 0 Å². The summed E-state index contributed by atoms with van der Waals surface area (Å²) in [4.78, 5) is 25.6. The van der Waals surface area contributed by atoms with E-state index in [0.717, 1.165) is 11.1 Å². The molecule has 0 aliphatic heterocycles. The summed E-state index contributed by atoms with van der Waals surface area (Å²) in [6, 6.07) is 16.7. The first-order valence-electron chi connectivity index (χ1n) is 10.3. The van der Waals surface area contributed by atoms with E-state index in [1.807, 2.05) is 61.5 Å². The second-order valence-electron chi connectivity index (χ2n) is 7.74. The van der Waals surface area contributed by atoms with Crippen LogP contribution < -0.4 is 21.5 Å². The zero-order valence-corrected chi connectivity index (χ0v) is 21.8. The number of hydrogen-bond acceptors (Lipinski definition) is 3. The first kappa shape index (κ1) is 26.1. The molecule has 0 bridgehead atoms. The third kappa shape index (κ3) is 6.33. The maximum atomic E-state index is 13.1. The van der Waals surface area contributed by atoms with Gasteiger partial charge in [-0.3, -0.25) is 14.3 Å². The molecule has 3 rings (SSSR count). The minimum Gasteiger partial charge on any atom is -0.339 e. The standard InChI is InChI=1S/C23H24Cl3N5O2S/c1-14-9-11-16(12-10-14)13-18(32)27-21(23(24,25)26)29-22(34)28-19-15(2)30(3)31(20(19)33)17-7-5-4-6-8-17/h4-12,21H,13H2,1-3H3,(H,27,32)(H2,28,29,34). The summed E-state index contributed by atoms with van der Waals surface area (Å²) in [6.45, 7) is 3.74. The summed E-state index contributed by atoms with van der Waals surface area (Å²) in [5, 5.41) is 8.33. The van der Waals surface area contributed by atoms with Crippen LogP contribution in [-0.2, 0) is 18.3 Å². The van der Waals surface area contributed by atoms with E-state index >= 15 is 0 Å². The quantitative estimate of drug-likeness (QED) is 0.249. The molecular weight excluding hydrogens is 517 g/mol. The minimum atomic E-state index is -1.91. The van der Waals surface area contributed by atoms with E-state index in [4.69, 9.17) is 47.0 Å². The van der Waals surface area contributed by atoms with Crippen molar-refractivity contribution in [1.82, 2.24) is 20.0 Å². The van der Waals surface area contributed by atoms with Crippen molar-refractivity contribution in [3.05, 3.63) is 81.8 Å². The van der Waals surface area contributed by atoms with E-state index < -0.39 is 9.96 Å². The van der Waals surface area contributed by atoms with Gasteiger partial charge in [0.05, 0.1) is 17.8 Å². The summed E-state index contributed by atoms with van der Waals surface area (Å²) < 4.78 is 1.30. The van der Waals surface area contributed by atoms with Gasteiger partial charge in [0.25, 0.3) is 5.56 Å². The summed E-state index contributed by atoms with van der Waals surface area (Å²) in [7, 11) is 1.76. The number of hydrogen-bond donors (Lipinski definition) is 3. The molecule has 0 radical (unpaired) electrons. The number of aryl methyl sites for hydroxylation is 1. The second-order valence-corrected chi connectivity index (χ2v) is 10.5. The molecule has 1 unspecified atom stereocenters. The van der Waals surface area contributed by atoms with Crippen LogP contribution in [0, 0.1) is 13.8 Å². The highest BCUT2D eigenvalue weighted by Crippen LogP contribution is 2.29. The second kappa shape index (κ2) is 10.8. The zero-order valence-electron chi connectivity index (χ0n) is 18.7. The van der Waals surface area contributed by atoms with Gasteiger partial charge in [-0.15, -0.1) is 0 Å². The fraction of sp³-hybridized carbons (Fsp3) is 0.261. The van der Waals surface area contributed by atoms with Crippen molar-refractivity contribution in [3.63, 3.8) is 0 Å². The van der Waals surface area contributed by atoms with Crippen LogP contribution in [0.15, 0.2) is 59.4 Å². The predicted molar refractivity (Wildman–Crippen MR) is 142 cm³/mol. The number of carbonyl (C=O) groups is 1. The third-order valence-corrected chi connectivity index (χ3v) is 6.06. The third-order valence-electron chi connectivity index (χ3n) is 5.19. The number of alkyl halides is 3. The van der Waals surface area contributed by atoms with E-state index in [0.29, 0.717) is 11.4 Å². The number of anilines is 1. The predicted octanol–water partition coefficient (Wildman–Crippen LogP) is 4.13. The van der Waals surface area contributed by atoms with Gasteiger partial charge >= 0.3 is 0 Å². The lowest BCUT2D eigenvalue weighted by molar-refractivity contribution is -0.121. The van der Waals surface area contributed by atoms with E-state index in [9.17, 15) is 9.59 Å². The zero-order chi connectivity index (χ0) is 25.0. The maximum absolute atomic E-state index is 13.1. The Morgan fingerprint density at radius 2 is 1.65 bits per heavy atom. The van der Waals surface area contributed by atoms with Gasteiger partial charge in [-0.1, -0.05) is 82.8 Å². The van der Waals surface area contributed by atoms with Crippen LogP contribution in [-0.4, -0.2) is 30.3 Å². The fourth-order valence-corrected chi connectivity index (χ4v) is 3.84. The molecule has 3 aromatic rings. The van der Waals surface area contributed by atoms with Crippen molar-refractivity contribution in [2.45, 2.75) is 30.2 Å². The molecule has 180 valence electrons. The van der Waals surface area contributed by atoms with Gasteiger partial charge in [0, 0.05) is 7.05 Å². The molecule has 34 heavy (non-hydrogen) atoms. The van der Waals surface area contributed by atoms with E-state index in [1.54, 1.807) is 18.7 Å². The molecule has 1 amide bonds. The number of nitrogens with one attached hydrogen (secondary N) is 3. The van der Waals surface area contributed by atoms with Crippen molar-refractivity contribution in [3.8, 4) is 5.69 Å². The van der Waals surface area contributed by atoms with Crippen molar-refractivity contribution in [1.29, 1.82) is 0 Å². The molecule has 7 nitrogen and oxygen atoms in total. The molecule has 1 atom stereocenters. The van der Waals surface area contributed by atoms with Crippen LogP contribution >= 0.6 is 47.0 Å². The Kier molecular flexibility index (Phi) is 8.30. The summed E-state index contributed by atoms with van der Waals surface area (Å²) in [5.74, 6) is -0.363. The van der Waals surface area contributed by atoms with Gasteiger partial charge in [-0.05, 0) is 43.8 Å². The summed E-state index contributed by atoms with van der Waals surface area (Å²) >= 11 is 23.6. The van der Waals surface area contributed by atoms with Crippen LogP contribution in [0.2, 0.25) is 0 Å². The summed E-state index contributed by atoms with van der Waals surface area (Å²) in [5.41, 5.74) is 3.21. The molecule has 0 saturated heterocycles. The lowest BCUT2D eigenvalue weighted by Crippen LogP contribution is -2.56. The van der Waals surface area contributed by atoms with Crippen LogP contribution in [0.1, 0.15) is 16.8 Å². The molecule has 0 spiro atoms. The smallest absolute Gasteiger partial charge is 0.295 e. The molecule has 11 heteroatoms. The number of para-hydroxylation sites is 1. The Bertz CT molecular complexity index is 1230. The van der Waals surface area contributed by atoms with Crippen LogP contribution in [0.25, 0.3) is 5.69 Å². The molecular formula is C23H24Cl3N5O2S. The Morgan fingerprint density at radius 3 is 2.24 bits per heavy atom. The lowest BCUT2D eigenvalue weighted by Gasteiger charge is -2.27. The lowest BCUT2D eigenvalue weighted by atomic mass is 10.1. The number of aromatic nitrogens is 2. The average molecular weight is 541 g/mol. The largest absolute Gasteiger partial charge is 0.339 e. The number of thiocarbonyl (C=S) groups is 1. The molecule has 0 fully saturated rings. The van der Waals surface area contributed by atoms with Gasteiger partial charge in [0.1, 0.15) is 11.9 Å². The summed E-state index contributed by atoms with van der Waals surface area (Å²) in [6.07, 6.45) is -1.05. The number of nitrogens with zero attached hydrogens (tertiary/aromatic N) is 2. The number of halogens is 3. The normalized spacial score (nSPS) is 12.2. The molecule has 0 aliphatic carbocycles. The average Bonchev–Trinajstić information content (AvgIpc) is 2.98. The molecule has 1 heterocycles. The molecule has 2 aromatic carbocycles. The molecule has 1 aromatic heterocycles. The number of benzene rings is 2. The number of carbonyl (C=O) groups excluding carboxylic acids is 1. The van der Waals surface area contributed by atoms with Crippen LogP contribution in [0.4, 0.5) is 5.69 Å². The highest BCUT2D eigenvalue weighted by atomic mass is 35.6. The molecule has 0 saturated carbocycles. The number of rotatable bonds is 6. The van der Waals surface area contributed by atoms with Gasteiger partial charge in [0.15, 0.2) is 5.11 Å². The highest BCUT2D eigenvalue weighted by molar-refractivity contribution is 7.80. The van der Waals surface area contributed by atoms with E-state index in [-0.39, 0.29) is 28.7 Å². The fourth-order valence-electron chi connectivity index (χ4n) is 3.30. The topological polar surface area (TPSA) is 80.1 Å². The van der Waals surface area contributed by atoms with E-state index in [2.05, 4.69) is 16.0 Å². The Hall–Kier alpha value is -2.52. The van der Waals surface area contributed by atoms with Crippen molar-refractivity contribution in [2.75, 3.05) is 5.32 Å². The van der Waals surface area contributed by atoms with Gasteiger partial charge < -0.3 is 16.0 Å². The molecule has 3 N–H and O–H groups in total. The number of amides is 1. The highest BCUT2D eigenvalue weighted by Gasteiger charge is 2.35. The van der Waals surface area contributed by atoms with Gasteiger partial charge in [-0.2, -0.15) is 0 Å². The Balaban J connectivity index is 1.74. The minimum absolute atomic E-state index is 0.0120. The first-order valence-corrected chi connectivity index (χ1v) is 11.8. The first-order chi connectivity index (χ1) is 16.0. The molecule has 0 aliphatic rings. The Morgan fingerprint density at radius 1 is 1.03 bits per heavy atom. The van der Waals surface area contributed by atoms with Gasteiger partial charge in [-0.25, -0.2) is 4.68 Å². The van der Waals surface area contributed by atoms with Crippen molar-refractivity contribution in [2.24, 2.45) is 7.05 Å². The van der Waals surface area contributed by atoms with Crippen molar-refractivity contribution < 1.29 is 4.79 Å². The van der Waals surface area contributed by atoms with Crippen LogP contribution in [0.5, 0.6) is 0 Å². The monoisotopic (exact) mass is 539 g/mol. The maximum Gasteiger partial charge on any atom is 0.295 e. The SMILES string of the molecule is Cc1ccc(CC(=O)NC(NC(=S)Nc2c(C)n(C)n(-c3ccccc3)c2=O)C(Cl)(Cl)Cl)cc1. The Labute approximate surface area is 218 Å².